The zero-order valence-corrected chi connectivity index (χ0v) is 12.9. The van der Waals surface area contributed by atoms with Gasteiger partial charge in [-0.1, -0.05) is 23.7 Å². The van der Waals surface area contributed by atoms with Crippen molar-refractivity contribution >= 4 is 23.5 Å². The monoisotopic (exact) mass is 313 g/mol. The lowest BCUT2D eigenvalue weighted by atomic mass is 10.1. The van der Waals surface area contributed by atoms with Gasteiger partial charge in [-0.3, -0.25) is 9.59 Å². The number of ether oxygens (including phenoxy) is 1. The van der Waals surface area contributed by atoms with Crippen LogP contribution in [0.3, 0.4) is 0 Å². The van der Waals surface area contributed by atoms with Crippen molar-refractivity contribution in [1.82, 2.24) is 5.32 Å². The van der Waals surface area contributed by atoms with Crippen LogP contribution >= 0.6 is 11.6 Å². The molecule has 0 heterocycles. The van der Waals surface area contributed by atoms with Crippen LogP contribution in [0, 0.1) is 0 Å². The van der Waals surface area contributed by atoms with Gasteiger partial charge in [0.2, 0.25) is 0 Å². The Kier molecular flexibility index (Phi) is 7.02. The minimum absolute atomic E-state index is 0.103. The minimum atomic E-state index is -0.830. The van der Waals surface area contributed by atoms with Crippen molar-refractivity contribution in [2.45, 2.75) is 45.3 Å². The molecule has 1 aromatic rings. The molecule has 0 saturated heterocycles. The molecule has 0 saturated carbocycles. The van der Waals surface area contributed by atoms with Crippen molar-refractivity contribution in [3.05, 3.63) is 29.3 Å². The SMILES string of the molecule is CC(CCCC(=O)O)NC(=O)C(C)Oc1ccccc1Cl. The molecular formula is C15H20ClNO4. The molecular weight excluding hydrogens is 294 g/mol. The molecule has 1 aromatic carbocycles. The predicted molar refractivity (Wildman–Crippen MR) is 80.6 cm³/mol. The summed E-state index contributed by atoms with van der Waals surface area (Å²) in [5, 5.41) is 11.8. The van der Waals surface area contributed by atoms with Crippen molar-refractivity contribution in [3.63, 3.8) is 0 Å². The number of benzene rings is 1. The molecule has 1 amide bonds. The van der Waals surface area contributed by atoms with E-state index in [2.05, 4.69) is 5.32 Å². The lowest BCUT2D eigenvalue weighted by Gasteiger charge is -2.19. The topological polar surface area (TPSA) is 75.6 Å². The first kappa shape index (κ1) is 17.3. The van der Waals surface area contributed by atoms with Gasteiger partial charge in [0.15, 0.2) is 6.10 Å². The van der Waals surface area contributed by atoms with Crippen LogP contribution in [0.15, 0.2) is 24.3 Å². The van der Waals surface area contributed by atoms with Gasteiger partial charge in [0, 0.05) is 12.5 Å². The van der Waals surface area contributed by atoms with Crippen molar-refractivity contribution in [2.24, 2.45) is 0 Å². The smallest absolute Gasteiger partial charge is 0.303 e. The van der Waals surface area contributed by atoms with Crippen LogP contribution in [0.1, 0.15) is 33.1 Å². The van der Waals surface area contributed by atoms with Gasteiger partial charge in [0.25, 0.3) is 5.91 Å². The molecule has 5 nitrogen and oxygen atoms in total. The Morgan fingerprint density at radius 2 is 2.00 bits per heavy atom. The standard InChI is InChI=1S/C15H20ClNO4/c1-10(6-5-9-14(18)19)17-15(20)11(2)21-13-8-4-3-7-12(13)16/h3-4,7-8,10-11H,5-6,9H2,1-2H3,(H,17,20)(H,18,19). The van der Waals surface area contributed by atoms with Gasteiger partial charge >= 0.3 is 5.97 Å². The molecule has 2 N–H and O–H groups in total. The van der Waals surface area contributed by atoms with Crippen molar-refractivity contribution in [3.8, 4) is 5.75 Å². The van der Waals surface area contributed by atoms with E-state index in [-0.39, 0.29) is 18.4 Å². The number of halogens is 1. The van der Waals surface area contributed by atoms with E-state index in [9.17, 15) is 9.59 Å². The molecule has 0 spiro atoms. The van der Waals surface area contributed by atoms with Crippen LogP contribution < -0.4 is 10.1 Å². The van der Waals surface area contributed by atoms with Crippen LogP contribution in [-0.2, 0) is 9.59 Å². The zero-order valence-electron chi connectivity index (χ0n) is 12.1. The number of nitrogens with one attached hydrogen (secondary N) is 1. The summed E-state index contributed by atoms with van der Waals surface area (Å²) in [4.78, 5) is 22.4. The lowest BCUT2D eigenvalue weighted by Crippen LogP contribution is -2.41. The molecule has 2 unspecified atom stereocenters. The molecule has 6 heteroatoms. The fourth-order valence-corrected chi connectivity index (χ4v) is 1.96. The van der Waals surface area contributed by atoms with Gasteiger partial charge < -0.3 is 15.2 Å². The number of carbonyl (C=O) groups is 2. The Balaban J connectivity index is 2.40. The molecule has 0 fully saturated rings. The summed E-state index contributed by atoms with van der Waals surface area (Å²) in [5.74, 6) is -0.623. The molecule has 0 aliphatic rings. The quantitative estimate of drug-likeness (QED) is 0.774. The molecule has 0 bridgehead atoms. The lowest BCUT2D eigenvalue weighted by molar-refractivity contribution is -0.137. The third-order valence-corrected chi connectivity index (χ3v) is 3.24. The highest BCUT2D eigenvalue weighted by Crippen LogP contribution is 2.24. The van der Waals surface area contributed by atoms with Gasteiger partial charge in [-0.25, -0.2) is 0 Å². The van der Waals surface area contributed by atoms with Gasteiger partial charge in [-0.15, -0.1) is 0 Å². The third kappa shape index (κ3) is 6.49. The Bertz CT molecular complexity index is 492. The fraction of sp³-hybridized carbons (Fsp3) is 0.467. The number of aliphatic carboxylic acids is 1. The predicted octanol–water partition coefficient (Wildman–Crippen LogP) is 2.87. The van der Waals surface area contributed by atoms with Gasteiger partial charge in [-0.2, -0.15) is 0 Å². The van der Waals surface area contributed by atoms with Crippen molar-refractivity contribution < 1.29 is 19.4 Å². The Hall–Kier alpha value is -1.75. The Labute approximate surface area is 129 Å². The van der Waals surface area contributed by atoms with Crippen LogP contribution in [0.2, 0.25) is 5.02 Å². The van der Waals surface area contributed by atoms with Crippen molar-refractivity contribution in [2.75, 3.05) is 0 Å². The number of carboxylic acid groups (broad SMARTS) is 1. The first-order chi connectivity index (χ1) is 9.90. The number of amides is 1. The van der Waals surface area contributed by atoms with E-state index in [0.29, 0.717) is 23.6 Å². The Morgan fingerprint density at radius 1 is 1.33 bits per heavy atom. The molecule has 0 radical (unpaired) electrons. The maximum absolute atomic E-state index is 12.0. The van der Waals surface area contributed by atoms with Crippen molar-refractivity contribution in [1.29, 1.82) is 0 Å². The van der Waals surface area contributed by atoms with E-state index >= 15 is 0 Å². The van der Waals surface area contributed by atoms with E-state index in [1.54, 1.807) is 31.2 Å². The summed E-state index contributed by atoms with van der Waals surface area (Å²) >= 11 is 5.96. The highest BCUT2D eigenvalue weighted by molar-refractivity contribution is 6.32. The molecule has 116 valence electrons. The molecule has 0 aromatic heterocycles. The number of carbonyl (C=O) groups excluding carboxylic acids is 1. The average molecular weight is 314 g/mol. The average Bonchev–Trinajstić information content (AvgIpc) is 2.40. The van der Waals surface area contributed by atoms with Gasteiger partial charge in [0.1, 0.15) is 5.75 Å². The highest BCUT2D eigenvalue weighted by atomic mass is 35.5. The normalized spacial score (nSPS) is 13.3. The van der Waals surface area contributed by atoms with E-state index in [4.69, 9.17) is 21.4 Å². The van der Waals surface area contributed by atoms with E-state index in [0.717, 1.165) is 0 Å². The van der Waals surface area contributed by atoms with E-state index in [1.807, 2.05) is 6.92 Å². The zero-order chi connectivity index (χ0) is 15.8. The van der Waals surface area contributed by atoms with Crippen LogP contribution in [0.5, 0.6) is 5.75 Å². The number of rotatable bonds is 8. The molecule has 2 atom stereocenters. The molecule has 0 aliphatic carbocycles. The first-order valence-corrected chi connectivity index (χ1v) is 7.21. The van der Waals surface area contributed by atoms with Crippen LogP contribution in [0.25, 0.3) is 0 Å². The molecule has 0 aliphatic heterocycles. The second kappa shape index (κ2) is 8.52. The summed E-state index contributed by atoms with van der Waals surface area (Å²) in [5.41, 5.74) is 0. The van der Waals surface area contributed by atoms with Crippen LogP contribution in [0.4, 0.5) is 0 Å². The highest BCUT2D eigenvalue weighted by Gasteiger charge is 2.17. The molecule has 1 rings (SSSR count). The summed E-state index contributed by atoms with van der Waals surface area (Å²) in [7, 11) is 0. The fourth-order valence-electron chi connectivity index (χ4n) is 1.78. The third-order valence-electron chi connectivity index (χ3n) is 2.93. The number of hydrogen-bond donors (Lipinski definition) is 2. The maximum atomic E-state index is 12.0. The number of carboxylic acids is 1. The summed E-state index contributed by atoms with van der Waals surface area (Å²) < 4.78 is 5.51. The largest absolute Gasteiger partial charge is 0.481 e. The van der Waals surface area contributed by atoms with E-state index < -0.39 is 12.1 Å². The maximum Gasteiger partial charge on any atom is 0.303 e. The summed E-state index contributed by atoms with van der Waals surface area (Å²) in [6.45, 7) is 3.48. The summed E-state index contributed by atoms with van der Waals surface area (Å²) in [6.07, 6.45) is 0.561. The number of hydrogen-bond acceptors (Lipinski definition) is 3. The first-order valence-electron chi connectivity index (χ1n) is 6.83. The second-order valence-electron chi connectivity index (χ2n) is 4.89. The van der Waals surface area contributed by atoms with E-state index in [1.165, 1.54) is 0 Å². The molecule has 21 heavy (non-hydrogen) atoms. The van der Waals surface area contributed by atoms with Crippen LogP contribution in [-0.4, -0.2) is 29.1 Å². The van der Waals surface area contributed by atoms with Gasteiger partial charge in [0.05, 0.1) is 5.02 Å². The summed E-state index contributed by atoms with van der Waals surface area (Å²) in [6, 6.07) is 6.85. The Morgan fingerprint density at radius 3 is 2.62 bits per heavy atom. The van der Waals surface area contributed by atoms with Gasteiger partial charge in [-0.05, 0) is 38.8 Å². The minimum Gasteiger partial charge on any atom is -0.481 e. The number of para-hydroxylation sites is 1. The second-order valence-corrected chi connectivity index (χ2v) is 5.29.